The van der Waals surface area contributed by atoms with Crippen molar-refractivity contribution in [1.29, 1.82) is 0 Å². The minimum absolute atomic E-state index is 0.0885. The van der Waals surface area contributed by atoms with E-state index in [1.54, 1.807) is 0 Å². The van der Waals surface area contributed by atoms with E-state index in [-0.39, 0.29) is 5.91 Å². The van der Waals surface area contributed by atoms with Crippen molar-refractivity contribution in [1.82, 2.24) is 9.80 Å². The summed E-state index contributed by atoms with van der Waals surface area (Å²) in [4.78, 5) is 28.8. The predicted octanol–water partition coefficient (Wildman–Crippen LogP) is 3.71. The molecule has 0 spiro atoms. The van der Waals surface area contributed by atoms with Gasteiger partial charge in [-0.1, -0.05) is 48.9 Å². The van der Waals surface area contributed by atoms with Crippen LogP contribution in [0, 0.1) is 6.92 Å². The first-order valence-corrected chi connectivity index (χ1v) is 10.2. The zero-order chi connectivity index (χ0) is 19.9. The molecule has 28 heavy (non-hydrogen) atoms. The Bertz CT molecular complexity index is 823. The second kappa shape index (κ2) is 9.65. The Hall–Kier alpha value is -2.46. The summed E-state index contributed by atoms with van der Waals surface area (Å²) >= 11 is 0. The minimum Gasteiger partial charge on any atom is -0.336 e. The molecule has 0 atom stereocenters. The molecular formula is C24H30N2O2. The van der Waals surface area contributed by atoms with E-state index in [2.05, 4.69) is 42.2 Å². The summed E-state index contributed by atoms with van der Waals surface area (Å²) in [6, 6.07) is 16.5. The molecule has 1 aliphatic heterocycles. The Labute approximate surface area is 168 Å². The van der Waals surface area contributed by atoms with E-state index in [0.717, 1.165) is 37.1 Å². The van der Waals surface area contributed by atoms with Gasteiger partial charge in [0, 0.05) is 38.2 Å². The van der Waals surface area contributed by atoms with Crippen LogP contribution in [-0.2, 0) is 11.2 Å². The highest BCUT2D eigenvalue weighted by Gasteiger charge is 2.23. The van der Waals surface area contributed by atoms with Crippen molar-refractivity contribution in [3.05, 3.63) is 70.8 Å². The largest absolute Gasteiger partial charge is 0.336 e. The average Bonchev–Trinajstić information content (AvgIpc) is 2.68. The smallest absolute Gasteiger partial charge is 0.253 e. The minimum atomic E-state index is 0.0885. The maximum absolute atomic E-state index is 12.9. The third-order valence-corrected chi connectivity index (χ3v) is 5.25. The maximum atomic E-state index is 12.9. The molecule has 0 radical (unpaired) electrons. The number of ketones is 1. The number of amides is 1. The molecule has 4 nitrogen and oxygen atoms in total. The fourth-order valence-corrected chi connectivity index (χ4v) is 3.77. The van der Waals surface area contributed by atoms with Gasteiger partial charge in [-0.2, -0.15) is 0 Å². The standard InChI is InChI=1S/C24H30N2O2/c1-3-6-23(27)18-25-11-13-26(14-12-25)24(28)22-10-5-9-21(17-22)16-20-8-4-7-19(2)15-20/h4-5,7-10,15,17H,3,6,11-14,16,18H2,1-2H3. The Balaban J connectivity index is 1.58. The van der Waals surface area contributed by atoms with Crippen molar-refractivity contribution in [3.8, 4) is 0 Å². The number of piperazine rings is 1. The molecule has 0 bridgehead atoms. The van der Waals surface area contributed by atoms with E-state index in [9.17, 15) is 9.59 Å². The van der Waals surface area contributed by atoms with Gasteiger partial charge in [-0.25, -0.2) is 0 Å². The van der Waals surface area contributed by atoms with Gasteiger partial charge in [-0.15, -0.1) is 0 Å². The summed E-state index contributed by atoms with van der Waals surface area (Å²) in [5.74, 6) is 0.386. The van der Waals surface area contributed by atoms with Crippen molar-refractivity contribution in [2.75, 3.05) is 32.7 Å². The van der Waals surface area contributed by atoms with Gasteiger partial charge < -0.3 is 4.90 Å². The second-order valence-electron chi connectivity index (χ2n) is 7.72. The number of nitrogens with zero attached hydrogens (tertiary/aromatic N) is 2. The molecule has 0 saturated carbocycles. The average molecular weight is 379 g/mol. The maximum Gasteiger partial charge on any atom is 0.253 e. The molecule has 0 N–H and O–H groups in total. The fraction of sp³-hybridized carbons (Fsp3) is 0.417. The number of aryl methyl sites for hydroxylation is 1. The zero-order valence-electron chi connectivity index (χ0n) is 17.0. The van der Waals surface area contributed by atoms with Crippen LogP contribution in [0.2, 0.25) is 0 Å². The van der Waals surface area contributed by atoms with Crippen LogP contribution in [0.15, 0.2) is 48.5 Å². The summed E-state index contributed by atoms with van der Waals surface area (Å²) < 4.78 is 0. The third-order valence-electron chi connectivity index (χ3n) is 5.25. The number of benzene rings is 2. The lowest BCUT2D eigenvalue weighted by atomic mass is 10.0. The molecule has 2 aromatic rings. The van der Waals surface area contributed by atoms with Crippen molar-refractivity contribution in [2.45, 2.75) is 33.1 Å². The van der Waals surface area contributed by atoms with Gasteiger partial charge in [0.2, 0.25) is 0 Å². The lowest BCUT2D eigenvalue weighted by Crippen LogP contribution is -2.49. The Kier molecular flexibility index (Phi) is 6.99. The quantitative estimate of drug-likeness (QED) is 0.737. The number of rotatable bonds is 7. The lowest BCUT2D eigenvalue weighted by molar-refractivity contribution is -0.120. The molecule has 4 heteroatoms. The number of hydrogen-bond donors (Lipinski definition) is 0. The van der Waals surface area contributed by atoms with Gasteiger partial charge in [0.25, 0.3) is 5.91 Å². The van der Waals surface area contributed by atoms with Gasteiger partial charge >= 0.3 is 0 Å². The van der Waals surface area contributed by atoms with Crippen LogP contribution in [-0.4, -0.2) is 54.2 Å². The number of carbonyl (C=O) groups excluding carboxylic acids is 2. The molecule has 148 valence electrons. The van der Waals surface area contributed by atoms with Crippen molar-refractivity contribution in [3.63, 3.8) is 0 Å². The van der Waals surface area contributed by atoms with Crippen LogP contribution < -0.4 is 0 Å². The molecule has 1 aliphatic rings. The normalized spacial score (nSPS) is 14.9. The predicted molar refractivity (Wildman–Crippen MR) is 113 cm³/mol. The van der Waals surface area contributed by atoms with Gasteiger partial charge in [0.1, 0.15) is 5.78 Å². The second-order valence-corrected chi connectivity index (χ2v) is 7.72. The van der Waals surface area contributed by atoms with E-state index in [4.69, 9.17) is 0 Å². The van der Waals surface area contributed by atoms with Crippen molar-refractivity contribution < 1.29 is 9.59 Å². The summed E-state index contributed by atoms with van der Waals surface area (Å²) in [5.41, 5.74) is 4.41. The lowest BCUT2D eigenvalue weighted by Gasteiger charge is -2.34. The fourth-order valence-electron chi connectivity index (χ4n) is 3.77. The van der Waals surface area contributed by atoms with Crippen LogP contribution in [0.4, 0.5) is 0 Å². The van der Waals surface area contributed by atoms with E-state index in [1.807, 2.05) is 30.0 Å². The van der Waals surface area contributed by atoms with Gasteiger partial charge in [-0.3, -0.25) is 14.5 Å². The van der Waals surface area contributed by atoms with Crippen LogP contribution in [0.5, 0.6) is 0 Å². The van der Waals surface area contributed by atoms with E-state index in [1.165, 1.54) is 11.1 Å². The topological polar surface area (TPSA) is 40.6 Å². The van der Waals surface area contributed by atoms with E-state index in [0.29, 0.717) is 31.8 Å². The third kappa shape index (κ3) is 5.52. The first kappa shape index (κ1) is 20.3. The summed E-state index contributed by atoms with van der Waals surface area (Å²) in [6.45, 7) is 7.54. The van der Waals surface area contributed by atoms with Crippen LogP contribution in [0.3, 0.4) is 0 Å². The summed E-state index contributed by atoms with van der Waals surface area (Å²) in [7, 11) is 0. The van der Waals surface area contributed by atoms with Gasteiger partial charge in [0.05, 0.1) is 6.54 Å². The van der Waals surface area contributed by atoms with Crippen LogP contribution >= 0.6 is 0 Å². The molecule has 1 fully saturated rings. The Morgan fingerprint density at radius 1 is 0.929 bits per heavy atom. The summed E-state index contributed by atoms with van der Waals surface area (Å²) in [6.07, 6.45) is 2.37. The summed E-state index contributed by atoms with van der Waals surface area (Å²) in [5, 5.41) is 0. The first-order valence-electron chi connectivity index (χ1n) is 10.2. The van der Waals surface area contributed by atoms with Crippen LogP contribution in [0.1, 0.15) is 46.8 Å². The highest BCUT2D eigenvalue weighted by Crippen LogP contribution is 2.15. The van der Waals surface area contributed by atoms with E-state index >= 15 is 0 Å². The molecule has 3 rings (SSSR count). The van der Waals surface area contributed by atoms with E-state index < -0.39 is 0 Å². The molecule has 1 saturated heterocycles. The number of carbonyl (C=O) groups is 2. The molecule has 1 heterocycles. The highest BCUT2D eigenvalue weighted by atomic mass is 16.2. The molecule has 1 amide bonds. The van der Waals surface area contributed by atoms with Crippen LogP contribution in [0.25, 0.3) is 0 Å². The first-order chi connectivity index (χ1) is 13.5. The van der Waals surface area contributed by atoms with Crippen molar-refractivity contribution in [2.24, 2.45) is 0 Å². The molecule has 0 unspecified atom stereocenters. The van der Waals surface area contributed by atoms with Crippen molar-refractivity contribution >= 4 is 11.7 Å². The number of hydrogen-bond acceptors (Lipinski definition) is 3. The Morgan fingerprint density at radius 2 is 1.61 bits per heavy atom. The SMILES string of the molecule is CCCC(=O)CN1CCN(C(=O)c2cccc(Cc3cccc(C)c3)c2)CC1. The molecule has 0 aromatic heterocycles. The zero-order valence-corrected chi connectivity index (χ0v) is 17.0. The van der Waals surface area contributed by atoms with Gasteiger partial charge in [0.15, 0.2) is 0 Å². The highest BCUT2D eigenvalue weighted by molar-refractivity contribution is 5.94. The van der Waals surface area contributed by atoms with Gasteiger partial charge in [-0.05, 0) is 43.0 Å². The molecular weight excluding hydrogens is 348 g/mol. The molecule has 2 aromatic carbocycles. The number of Topliss-reactive ketones (excluding diaryl/α,β-unsaturated/α-hetero) is 1. The molecule has 0 aliphatic carbocycles. The Morgan fingerprint density at radius 3 is 2.29 bits per heavy atom. The monoisotopic (exact) mass is 378 g/mol.